The van der Waals surface area contributed by atoms with Crippen molar-refractivity contribution in [2.45, 2.75) is 13.5 Å². The highest BCUT2D eigenvalue weighted by Crippen LogP contribution is 2.22. The zero-order valence-corrected chi connectivity index (χ0v) is 13.0. The van der Waals surface area contributed by atoms with Crippen molar-refractivity contribution in [3.8, 4) is 0 Å². The molecule has 1 heterocycles. The maximum Gasteiger partial charge on any atom is 0.269 e. The van der Waals surface area contributed by atoms with Gasteiger partial charge in [-0.2, -0.15) is 0 Å². The van der Waals surface area contributed by atoms with E-state index in [1.807, 2.05) is 6.92 Å². The van der Waals surface area contributed by atoms with Gasteiger partial charge in [-0.05, 0) is 30.6 Å². The third-order valence-corrected chi connectivity index (χ3v) is 4.00. The molecule has 21 heavy (non-hydrogen) atoms. The van der Waals surface area contributed by atoms with Gasteiger partial charge in [-0.3, -0.25) is 14.9 Å². The van der Waals surface area contributed by atoms with Gasteiger partial charge >= 0.3 is 0 Å². The Morgan fingerprint density at radius 2 is 2.24 bits per heavy atom. The second-order valence-corrected chi connectivity index (χ2v) is 5.36. The molecule has 2 rings (SSSR count). The largest absolute Gasteiger partial charge is 0.352 e. The number of nitro groups is 1. The first-order valence-corrected chi connectivity index (χ1v) is 6.78. The second-order valence-electron chi connectivity index (χ2n) is 4.96. The third kappa shape index (κ3) is 4.30. The van der Waals surface area contributed by atoms with Crippen molar-refractivity contribution in [3.63, 3.8) is 0 Å². The number of nitro benzene ring substituents is 1. The van der Waals surface area contributed by atoms with Gasteiger partial charge in [-0.25, -0.2) is 0 Å². The standard InChI is InChI=1S/C13H16ClN3O3.ClH/c1-8(10-5-15-6-10)13(18)16-7-9-4-11(17(19)20)2-3-12(9)14;/h2-4,8,10,15H,5-7H2,1H3,(H,16,18);1H. The van der Waals surface area contributed by atoms with Crippen LogP contribution in [0, 0.1) is 22.0 Å². The quantitative estimate of drug-likeness (QED) is 0.638. The van der Waals surface area contributed by atoms with Gasteiger partial charge in [-0.1, -0.05) is 18.5 Å². The molecule has 0 saturated carbocycles. The van der Waals surface area contributed by atoms with Crippen LogP contribution in [0.3, 0.4) is 0 Å². The first-order chi connectivity index (χ1) is 9.49. The molecule has 8 heteroatoms. The number of carbonyl (C=O) groups is 1. The van der Waals surface area contributed by atoms with E-state index in [4.69, 9.17) is 11.6 Å². The number of hydrogen-bond acceptors (Lipinski definition) is 4. The summed E-state index contributed by atoms with van der Waals surface area (Å²) in [7, 11) is 0. The summed E-state index contributed by atoms with van der Waals surface area (Å²) < 4.78 is 0. The molecule has 1 aromatic carbocycles. The lowest BCUT2D eigenvalue weighted by molar-refractivity contribution is -0.384. The Morgan fingerprint density at radius 1 is 1.57 bits per heavy atom. The molecule has 0 bridgehead atoms. The Morgan fingerprint density at radius 3 is 2.76 bits per heavy atom. The van der Waals surface area contributed by atoms with E-state index in [1.165, 1.54) is 18.2 Å². The van der Waals surface area contributed by atoms with E-state index in [-0.39, 0.29) is 36.5 Å². The van der Waals surface area contributed by atoms with Crippen molar-refractivity contribution in [2.75, 3.05) is 13.1 Å². The number of nitrogens with one attached hydrogen (secondary N) is 2. The molecule has 1 fully saturated rings. The van der Waals surface area contributed by atoms with Crippen molar-refractivity contribution < 1.29 is 9.72 Å². The van der Waals surface area contributed by atoms with E-state index < -0.39 is 4.92 Å². The Kier molecular flexibility index (Phi) is 6.39. The molecule has 2 N–H and O–H groups in total. The van der Waals surface area contributed by atoms with E-state index in [0.717, 1.165) is 13.1 Å². The van der Waals surface area contributed by atoms with Crippen molar-refractivity contribution in [1.82, 2.24) is 10.6 Å². The summed E-state index contributed by atoms with van der Waals surface area (Å²) in [4.78, 5) is 22.2. The molecule has 0 aromatic heterocycles. The van der Waals surface area contributed by atoms with Gasteiger partial charge in [0.15, 0.2) is 0 Å². The normalized spacial score (nSPS) is 15.5. The highest BCUT2D eigenvalue weighted by molar-refractivity contribution is 6.31. The lowest BCUT2D eigenvalue weighted by Crippen LogP contribution is -2.49. The summed E-state index contributed by atoms with van der Waals surface area (Å²) in [6.07, 6.45) is 0. The zero-order chi connectivity index (χ0) is 14.7. The molecule has 1 unspecified atom stereocenters. The second kappa shape index (κ2) is 7.59. The predicted octanol–water partition coefficient (Wildman–Crippen LogP) is 2.14. The molecule has 6 nitrogen and oxygen atoms in total. The van der Waals surface area contributed by atoms with Crippen molar-refractivity contribution in [2.24, 2.45) is 11.8 Å². The number of nitrogens with zero attached hydrogens (tertiary/aromatic N) is 1. The van der Waals surface area contributed by atoms with Gasteiger partial charge in [0.05, 0.1) is 4.92 Å². The van der Waals surface area contributed by atoms with E-state index in [1.54, 1.807) is 0 Å². The molecule has 1 aliphatic heterocycles. The molecule has 1 amide bonds. The van der Waals surface area contributed by atoms with Crippen LogP contribution in [-0.2, 0) is 11.3 Å². The fourth-order valence-electron chi connectivity index (χ4n) is 2.03. The first-order valence-electron chi connectivity index (χ1n) is 6.40. The van der Waals surface area contributed by atoms with Crippen molar-refractivity contribution in [1.29, 1.82) is 0 Å². The van der Waals surface area contributed by atoms with Crippen LogP contribution in [0.4, 0.5) is 5.69 Å². The predicted molar refractivity (Wildman–Crippen MR) is 82.7 cm³/mol. The van der Waals surface area contributed by atoms with Crippen LogP contribution in [0.25, 0.3) is 0 Å². The van der Waals surface area contributed by atoms with Crippen LogP contribution in [0.15, 0.2) is 18.2 Å². The molecular weight excluding hydrogens is 317 g/mol. The fraction of sp³-hybridized carbons (Fsp3) is 0.462. The third-order valence-electron chi connectivity index (χ3n) is 3.63. The Labute approximate surface area is 133 Å². The average molecular weight is 334 g/mol. The van der Waals surface area contributed by atoms with Crippen LogP contribution >= 0.6 is 24.0 Å². The summed E-state index contributed by atoms with van der Waals surface area (Å²) in [6, 6.07) is 4.20. The Balaban J connectivity index is 0.00000220. The van der Waals surface area contributed by atoms with Crippen LogP contribution in [0.2, 0.25) is 5.02 Å². The van der Waals surface area contributed by atoms with Gasteiger partial charge in [0.2, 0.25) is 5.91 Å². The maximum atomic E-state index is 12.0. The van der Waals surface area contributed by atoms with E-state index >= 15 is 0 Å². The Bertz CT molecular complexity index is 535. The van der Waals surface area contributed by atoms with Crippen molar-refractivity contribution in [3.05, 3.63) is 38.9 Å². The molecule has 0 aliphatic carbocycles. The number of hydrogen-bond donors (Lipinski definition) is 2. The molecule has 0 spiro atoms. The van der Waals surface area contributed by atoms with E-state index in [2.05, 4.69) is 10.6 Å². The van der Waals surface area contributed by atoms with Gasteiger partial charge in [0.1, 0.15) is 0 Å². The van der Waals surface area contributed by atoms with Crippen molar-refractivity contribution >= 4 is 35.6 Å². The number of carbonyl (C=O) groups excluding carboxylic acids is 1. The highest BCUT2D eigenvalue weighted by atomic mass is 35.5. The molecule has 1 atom stereocenters. The fourth-order valence-corrected chi connectivity index (χ4v) is 2.22. The minimum atomic E-state index is -0.482. The topological polar surface area (TPSA) is 84.3 Å². The van der Waals surface area contributed by atoms with Crippen LogP contribution in [-0.4, -0.2) is 23.9 Å². The number of halogens is 2. The maximum absolute atomic E-state index is 12.0. The smallest absolute Gasteiger partial charge is 0.269 e. The molecule has 1 aromatic rings. The molecule has 116 valence electrons. The molecular formula is C13H17Cl2N3O3. The van der Waals surface area contributed by atoms with E-state index in [0.29, 0.717) is 16.5 Å². The summed E-state index contributed by atoms with van der Waals surface area (Å²) >= 11 is 5.98. The minimum Gasteiger partial charge on any atom is -0.352 e. The lowest BCUT2D eigenvalue weighted by Gasteiger charge is -2.31. The van der Waals surface area contributed by atoms with Gasteiger partial charge < -0.3 is 10.6 Å². The van der Waals surface area contributed by atoms with Gasteiger partial charge in [-0.15, -0.1) is 12.4 Å². The summed E-state index contributed by atoms with van der Waals surface area (Å²) in [5, 5.41) is 17.0. The monoisotopic (exact) mass is 333 g/mol. The lowest BCUT2D eigenvalue weighted by atomic mass is 9.88. The van der Waals surface area contributed by atoms with E-state index in [9.17, 15) is 14.9 Å². The zero-order valence-electron chi connectivity index (χ0n) is 11.5. The van der Waals surface area contributed by atoms with Gasteiger partial charge in [0.25, 0.3) is 5.69 Å². The number of non-ortho nitro benzene ring substituents is 1. The SMILES string of the molecule is CC(C(=O)NCc1cc([N+](=O)[O-])ccc1Cl)C1CNC1.Cl. The summed E-state index contributed by atoms with van der Waals surface area (Å²) in [6.45, 7) is 3.79. The molecule has 1 saturated heterocycles. The Hall–Kier alpha value is -1.37. The minimum absolute atomic E-state index is 0. The number of amides is 1. The highest BCUT2D eigenvalue weighted by Gasteiger charge is 2.28. The number of rotatable bonds is 5. The van der Waals surface area contributed by atoms with Crippen LogP contribution in [0.1, 0.15) is 12.5 Å². The molecule has 1 aliphatic rings. The van der Waals surface area contributed by atoms with Gasteiger partial charge in [0, 0.05) is 29.6 Å². The summed E-state index contributed by atoms with van der Waals surface area (Å²) in [5.74, 6) is 0.225. The average Bonchev–Trinajstić information content (AvgIpc) is 2.34. The van der Waals surface area contributed by atoms with Crippen LogP contribution < -0.4 is 10.6 Å². The van der Waals surface area contributed by atoms with Crippen LogP contribution in [0.5, 0.6) is 0 Å². The summed E-state index contributed by atoms with van der Waals surface area (Å²) in [5.41, 5.74) is 0.517. The molecule has 0 radical (unpaired) electrons. The number of benzene rings is 1. The first kappa shape index (κ1) is 17.7.